The van der Waals surface area contributed by atoms with Gasteiger partial charge in [-0.15, -0.1) is 0 Å². The number of hydrogen-bond acceptors (Lipinski definition) is 2. The van der Waals surface area contributed by atoms with Crippen LogP contribution in [0.5, 0.6) is 0 Å². The van der Waals surface area contributed by atoms with Gasteiger partial charge >= 0.3 is 0 Å². The van der Waals surface area contributed by atoms with Gasteiger partial charge in [0.15, 0.2) is 5.54 Å². The molecule has 4 heteroatoms. The molecule has 1 N–H and O–H groups in total. The molecule has 4 nitrogen and oxygen atoms in total. The number of benzene rings is 1. The largest absolute Gasteiger partial charge is 0.320 e. The Labute approximate surface area is 158 Å². The molecule has 26 heavy (non-hydrogen) atoms. The number of quaternary nitrogens is 1. The number of unbranched alkanes of at least 4 members (excludes halogenated alkanes) is 2. The van der Waals surface area contributed by atoms with E-state index in [0.717, 1.165) is 53.6 Å². The molecule has 142 valence electrons. The third kappa shape index (κ3) is 3.64. The Morgan fingerprint density at radius 1 is 1.23 bits per heavy atom. The van der Waals surface area contributed by atoms with Gasteiger partial charge in [0.1, 0.15) is 0 Å². The molecule has 1 saturated carbocycles. The van der Waals surface area contributed by atoms with Crippen LogP contribution < -0.4 is 5.32 Å². The molecule has 1 aliphatic carbocycles. The summed E-state index contributed by atoms with van der Waals surface area (Å²) in [5.41, 5.74) is 3.12. The summed E-state index contributed by atoms with van der Waals surface area (Å²) in [7, 11) is 2.26. The molecule has 0 heterocycles. The molecule has 1 unspecified atom stereocenters. The van der Waals surface area contributed by atoms with Crippen molar-refractivity contribution in [3.05, 3.63) is 28.8 Å². The molecule has 0 aliphatic heterocycles. The number of likely N-dealkylation sites (N-methyl/N-ethyl adjacent to an activating group) is 1. The summed E-state index contributed by atoms with van der Waals surface area (Å²) < 4.78 is 0.827. The van der Waals surface area contributed by atoms with Crippen LogP contribution >= 0.6 is 0 Å². The molecular formula is C22H34N3O+. The molecule has 0 saturated heterocycles. The zero-order valence-corrected chi connectivity index (χ0v) is 17.1. The third-order valence-electron chi connectivity index (χ3n) is 6.49. The molecule has 1 fully saturated rings. The van der Waals surface area contributed by atoms with Crippen LogP contribution in [0, 0.1) is 25.2 Å². The Kier molecular flexibility index (Phi) is 6.47. The van der Waals surface area contributed by atoms with Crippen molar-refractivity contribution in [1.82, 2.24) is 0 Å². The highest BCUT2D eigenvalue weighted by Gasteiger charge is 2.57. The van der Waals surface area contributed by atoms with Crippen LogP contribution in [0.25, 0.3) is 0 Å². The van der Waals surface area contributed by atoms with Gasteiger partial charge in [0.25, 0.3) is 5.91 Å². The summed E-state index contributed by atoms with van der Waals surface area (Å²) in [5, 5.41) is 12.4. The second-order valence-corrected chi connectivity index (χ2v) is 8.08. The first kappa shape index (κ1) is 20.5. The van der Waals surface area contributed by atoms with Crippen LogP contribution in [0.2, 0.25) is 0 Å². The molecule has 0 spiro atoms. The lowest BCUT2D eigenvalue weighted by molar-refractivity contribution is -0.953. The number of rotatable bonds is 8. The van der Waals surface area contributed by atoms with Crippen LogP contribution in [-0.4, -0.2) is 36.1 Å². The molecule has 2 rings (SSSR count). The lowest BCUT2D eigenvalue weighted by Gasteiger charge is -2.54. The summed E-state index contributed by atoms with van der Waals surface area (Å²) in [4.78, 5) is 13.4. The molecule has 1 aromatic carbocycles. The first-order valence-corrected chi connectivity index (χ1v) is 10.0. The van der Waals surface area contributed by atoms with Gasteiger partial charge in [-0.2, -0.15) is 5.26 Å². The molecule has 0 bridgehead atoms. The summed E-state index contributed by atoms with van der Waals surface area (Å²) in [5.74, 6) is 0.153. The lowest BCUT2D eigenvalue weighted by Crippen LogP contribution is -2.71. The normalized spacial score (nSPS) is 17.7. The van der Waals surface area contributed by atoms with Crippen LogP contribution in [0.15, 0.2) is 12.1 Å². The van der Waals surface area contributed by atoms with Crippen LogP contribution in [0.3, 0.4) is 0 Å². The first-order valence-electron chi connectivity index (χ1n) is 10.0. The number of carbonyl (C=O) groups excluding carboxylic acids is 1. The zero-order chi connectivity index (χ0) is 19.4. The smallest absolute Gasteiger partial charge is 0.285 e. The van der Waals surface area contributed by atoms with E-state index in [1.807, 2.05) is 26.0 Å². The van der Waals surface area contributed by atoms with Gasteiger partial charge in [0.05, 0.1) is 31.8 Å². The van der Waals surface area contributed by atoms with Crippen molar-refractivity contribution in [2.24, 2.45) is 0 Å². The van der Waals surface area contributed by atoms with E-state index in [9.17, 15) is 4.79 Å². The predicted molar refractivity (Wildman–Crippen MR) is 107 cm³/mol. The van der Waals surface area contributed by atoms with Crippen LogP contribution in [0.4, 0.5) is 5.69 Å². The summed E-state index contributed by atoms with van der Waals surface area (Å²) in [6, 6.07) is 5.89. The van der Waals surface area contributed by atoms with Crippen molar-refractivity contribution in [2.45, 2.75) is 71.8 Å². The molecular weight excluding hydrogens is 322 g/mol. The van der Waals surface area contributed by atoms with Gasteiger partial charge in [-0.1, -0.05) is 13.3 Å². The Balaban J connectivity index is 2.27. The summed E-state index contributed by atoms with van der Waals surface area (Å²) >= 11 is 0. The number of nitrogens with one attached hydrogen (secondary N) is 1. The zero-order valence-electron chi connectivity index (χ0n) is 17.1. The molecule has 0 radical (unpaired) electrons. The van der Waals surface area contributed by atoms with Crippen molar-refractivity contribution in [1.29, 1.82) is 5.26 Å². The Bertz CT molecular complexity index is 677. The fraction of sp³-hybridized carbons (Fsp3) is 0.636. The molecule has 1 aliphatic rings. The fourth-order valence-electron chi connectivity index (χ4n) is 4.36. The number of hydrogen-bond donors (Lipinski definition) is 1. The van der Waals surface area contributed by atoms with E-state index in [-0.39, 0.29) is 11.4 Å². The summed E-state index contributed by atoms with van der Waals surface area (Å²) in [6.07, 6.45) is 6.64. The van der Waals surface area contributed by atoms with Gasteiger partial charge in [-0.25, -0.2) is 0 Å². The molecule has 1 aromatic rings. The quantitative estimate of drug-likeness (QED) is 0.542. The molecule has 0 aromatic heterocycles. The van der Waals surface area contributed by atoms with Crippen molar-refractivity contribution in [3.63, 3.8) is 0 Å². The number of nitrogens with zero attached hydrogens (tertiary/aromatic N) is 2. The van der Waals surface area contributed by atoms with Crippen LogP contribution in [-0.2, 0) is 4.79 Å². The maximum Gasteiger partial charge on any atom is 0.285 e. The predicted octanol–water partition coefficient (Wildman–Crippen LogP) is 4.69. The highest BCUT2D eigenvalue weighted by molar-refractivity contribution is 5.99. The van der Waals surface area contributed by atoms with Gasteiger partial charge in [-0.3, -0.25) is 4.79 Å². The molecule has 1 atom stereocenters. The number of nitriles is 1. The van der Waals surface area contributed by atoms with E-state index in [1.54, 1.807) is 0 Å². The van der Waals surface area contributed by atoms with E-state index in [4.69, 9.17) is 5.26 Å². The number of amides is 1. The van der Waals surface area contributed by atoms with Gasteiger partial charge in [0, 0.05) is 18.5 Å². The van der Waals surface area contributed by atoms with Crippen molar-refractivity contribution < 1.29 is 9.28 Å². The SMILES string of the molecule is CCCCC[N+](C)(CC)C1(C(=O)Nc2c(C)cc(C#N)cc2C)CCC1. The van der Waals surface area contributed by atoms with E-state index in [0.29, 0.717) is 5.56 Å². The minimum absolute atomic E-state index is 0.153. The van der Waals surface area contributed by atoms with E-state index in [1.165, 1.54) is 19.3 Å². The number of carbonyl (C=O) groups is 1. The van der Waals surface area contributed by atoms with Crippen molar-refractivity contribution >= 4 is 11.6 Å². The maximum absolute atomic E-state index is 13.4. The van der Waals surface area contributed by atoms with E-state index in [2.05, 4.69) is 32.3 Å². The Morgan fingerprint density at radius 3 is 2.27 bits per heavy atom. The average molecular weight is 357 g/mol. The minimum atomic E-state index is -0.310. The third-order valence-corrected chi connectivity index (χ3v) is 6.49. The van der Waals surface area contributed by atoms with E-state index >= 15 is 0 Å². The van der Waals surface area contributed by atoms with Gasteiger partial charge in [0.2, 0.25) is 0 Å². The minimum Gasteiger partial charge on any atom is -0.320 e. The monoisotopic (exact) mass is 356 g/mol. The van der Waals surface area contributed by atoms with Gasteiger partial charge in [-0.05, 0) is 63.3 Å². The second-order valence-electron chi connectivity index (χ2n) is 8.08. The standard InChI is InChI=1S/C22H33N3O/c1-6-8-9-13-25(5,7-2)22(11-10-12-22)21(26)24-20-17(3)14-19(16-23)15-18(20)4/h14-15H,6-13H2,1-5H3/p+1. The van der Waals surface area contributed by atoms with Crippen molar-refractivity contribution in [3.8, 4) is 6.07 Å². The lowest BCUT2D eigenvalue weighted by atomic mass is 9.72. The average Bonchev–Trinajstić information content (AvgIpc) is 2.57. The topological polar surface area (TPSA) is 52.9 Å². The fourth-order valence-corrected chi connectivity index (χ4v) is 4.36. The Hall–Kier alpha value is -1.86. The summed E-state index contributed by atoms with van der Waals surface area (Å²) in [6.45, 7) is 10.4. The molecule has 1 amide bonds. The highest BCUT2D eigenvalue weighted by atomic mass is 16.2. The number of anilines is 1. The number of aryl methyl sites for hydroxylation is 2. The second kappa shape index (κ2) is 8.22. The van der Waals surface area contributed by atoms with Crippen molar-refractivity contribution in [2.75, 3.05) is 25.5 Å². The van der Waals surface area contributed by atoms with Gasteiger partial charge < -0.3 is 9.80 Å². The highest BCUT2D eigenvalue weighted by Crippen LogP contribution is 2.43. The first-order chi connectivity index (χ1) is 12.3. The Morgan fingerprint density at radius 2 is 1.85 bits per heavy atom. The van der Waals surface area contributed by atoms with E-state index < -0.39 is 0 Å². The maximum atomic E-state index is 13.4. The van der Waals surface area contributed by atoms with Crippen LogP contribution in [0.1, 0.15) is 69.1 Å².